The quantitative estimate of drug-likeness (QED) is 0.618. The molecule has 24 heavy (non-hydrogen) atoms. The second kappa shape index (κ2) is 5.89. The van der Waals surface area contributed by atoms with Crippen LogP contribution in [0.5, 0.6) is 0 Å². The summed E-state index contributed by atoms with van der Waals surface area (Å²) in [6, 6.07) is 11.2. The maximum absolute atomic E-state index is 12.6. The maximum Gasteiger partial charge on any atom is 0.264 e. The Morgan fingerprint density at radius 1 is 1.33 bits per heavy atom. The molecule has 1 atom stereocenters. The van der Waals surface area contributed by atoms with E-state index < -0.39 is 0 Å². The Morgan fingerprint density at radius 3 is 3.00 bits per heavy atom. The Kier molecular flexibility index (Phi) is 3.58. The molecule has 3 aromatic heterocycles. The molecule has 8 heteroatoms. The predicted octanol–water partition coefficient (Wildman–Crippen LogP) is 2.96. The smallest absolute Gasteiger partial charge is 0.264 e. The van der Waals surface area contributed by atoms with Crippen molar-refractivity contribution in [2.45, 2.75) is 13.0 Å². The number of para-hydroxylation sites is 1. The van der Waals surface area contributed by atoms with Crippen LogP contribution in [0.25, 0.3) is 16.7 Å². The normalized spacial score (nSPS) is 12.4. The van der Waals surface area contributed by atoms with E-state index in [-0.39, 0.29) is 11.9 Å². The number of nitrogens with one attached hydrogen (secondary N) is 1. The molecule has 0 fully saturated rings. The van der Waals surface area contributed by atoms with Crippen LogP contribution in [0.4, 0.5) is 0 Å². The minimum atomic E-state index is -0.256. The molecule has 4 rings (SSSR count). The average Bonchev–Trinajstić information content (AvgIpc) is 3.32. The highest BCUT2D eigenvalue weighted by Gasteiger charge is 2.19. The van der Waals surface area contributed by atoms with Crippen LogP contribution >= 0.6 is 11.3 Å². The van der Waals surface area contributed by atoms with E-state index in [1.54, 1.807) is 0 Å². The summed E-state index contributed by atoms with van der Waals surface area (Å²) in [5.74, 6) is 0.522. The minimum absolute atomic E-state index is 0.191. The first-order valence-corrected chi connectivity index (χ1v) is 8.20. The first-order valence-electron chi connectivity index (χ1n) is 7.32. The van der Waals surface area contributed by atoms with Gasteiger partial charge in [0.1, 0.15) is 22.5 Å². The van der Waals surface area contributed by atoms with Crippen molar-refractivity contribution >= 4 is 28.2 Å². The van der Waals surface area contributed by atoms with Crippen molar-refractivity contribution in [2.75, 3.05) is 0 Å². The molecule has 1 N–H and O–H groups in total. The van der Waals surface area contributed by atoms with Gasteiger partial charge in [-0.05, 0) is 40.9 Å². The van der Waals surface area contributed by atoms with E-state index in [0.29, 0.717) is 16.3 Å². The predicted molar refractivity (Wildman–Crippen MR) is 89.1 cm³/mol. The number of hydrogen-bond acceptors (Lipinski definition) is 6. The van der Waals surface area contributed by atoms with Crippen molar-refractivity contribution in [3.05, 3.63) is 58.7 Å². The Morgan fingerprint density at radius 2 is 2.21 bits per heavy atom. The van der Waals surface area contributed by atoms with Crippen molar-refractivity contribution in [1.29, 1.82) is 0 Å². The zero-order valence-electron chi connectivity index (χ0n) is 12.7. The monoisotopic (exact) mass is 339 g/mol. The molecular weight excluding hydrogens is 326 g/mol. The number of benzene rings is 1. The van der Waals surface area contributed by atoms with Gasteiger partial charge >= 0.3 is 0 Å². The highest BCUT2D eigenvalue weighted by molar-refractivity contribution is 7.12. The Hall–Kier alpha value is -3.00. The molecule has 7 nitrogen and oxygen atoms in total. The van der Waals surface area contributed by atoms with E-state index in [9.17, 15) is 4.79 Å². The molecule has 1 unspecified atom stereocenters. The summed E-state index contributed by atoms with van der Waals surface area (Å²) >= 11 is 1.34. The molecule has 0 saturated carbocycles. The van der Waals surface area contributed by atoms with Crippen LogP contribution in [0.3, 0.4) is 0 Å². The van der Waals surface area contributed by atoms with E-state index in [1.165, 1.54) is 22.3 Å². The second-order valence-electron chi connectivity index (χ2n) is 5.27. The highest BCUT2D eigenvalue weighted by Crippen LogP contribution is 2.25. The molecule has 0 spiro atoms. The standard InChI is InChI=1S/C16H13N5O2S/c1-10(14-8-11-4-2-3-5-13(11)23-14)18-16(22)15-12(6-7-24-15)21-9-17-19-20-21/h2-10H,1H3,(H,18,22). The van der Waals surface area contributed by atoms with Gasteiger partial charge in [0.2, 0.25) is 0 Å². The lowest BCUT2D eigenvalue weighted by atomic mass is 10.2. The molecule has 1 amide bonds. The van der Waals surface area contributed by atoms with Gasteiger partial charge in [0, 0.05) is 5.39 Å². The Labute approximate surface area is 140 Å². The fourth-order valence-electron chi connectivity index (χ4n) is 2.47. The van der Waals surface area contributed by atoms with E-state index in [2.05, 4.69) is 20.8 Å². The summed E-state index contributed by atoms with van der Waals surface area (Å²) in [5, 5.41) is 16.8. The summed E-state index contributed by atoms with van der Waals surface area (Å²) in [4.78, 5) is 13.1. The van der Waals surface area contributed by atoms with Crippen LogP contribution in [0.2, 0.25) is 0 Å². The fraction of sp³-hybridized carbons (Fsp3) is 0.125. The first kappa shape index (κ1) is 14.6. The van der Waals surface area contributed by atoms with Crippen LogP contribution in [-0.4, -0.2) is 26.1 Å². The lowest BCUT2D eigenvalue weighted by Crippen LogP contribution is -2.26. The van der Waals surface area contributed by atoms with Crippen molar-refractivity contribution in [2.24, 2.45) is 0 Å². The van der Waals surface area contributed by atoms with Gasteiger partial charge in [-0.1, -0.05) is 18.2 Å². The molecule has 1 aromatic carbocycles. The number of tetrazole rings is 1. The number of fused-ring (bicyclic) bond motifs is 1. The number of thiophene rings is 1. The number of carbonyl (C=O) groups is 1. The van der Waals surface area contributed by atoms with Gasteiger partial charge in [0.25, 0.3) is 5.91 Å². The van der Waals surface area contributed by atoms with Gasteiger partial charge in [0.05, 0.1) is 11.7 Å². The molecule has 0 aliphatic rings. The molecule has 0 radical (unpaired) electrons. The van der Waals surface area contributed by atoms with Gasteiger partial charge in [-0.15, -0.1) is 16.4 Å². The average molecular weight is 339 g/mol. The van der Waals surface area contributed by atoms with Gasteiger partial charge < -0.3 is 9.73 Å². The maximum atomic E-state index is 12.6. The van der Waals surface area contributed by atoms with Gasteiger partial charge in [-0.2, -0.15) is 4.68 Å². The number of aromatic nitrogens is 4. The molecule has 0 bridgehead atoms. The van der Waals surface area contributed by atoms with Crippen molar-refractivity contribution < 1.29 is 9.21 Å². The van der Waals surface area contributed by atoms with Gasteiger partial charge in [-0.3, -0.25) is 4.79 Å². The van der Waals surface area contributed by atoms with E-state index >= 15 is 0 Å². The third-order valence-corrected chi connectivity index (χ3v) is 4.57. The number of amides is 1. The van der Waals surface area contributed by atoms with Crippen LogP contribution < -0.4 is 5.32 Å². The largest absolute Gasteiger partial charge is 0.459 e. The van der Waals surface area contributed by atoms with Crippen molar-refractivity contribution in [1.82, 2.24) is 25.5 Å². The molecular formula is C16H13N5O2S. The minimum Gasteiger partial charge on any atom is -0.459 e. The second-order valence-corrected chi connectivity index (χ2v) is 6.19. The molecule has 0 saturated heterocycles. The zero-order chi connectivity index (χ0) is 16.5. The molecule has 0 aliphatic heterocycles. The first-order chi connectivity index (χ1) is 11.7. The summed E-state index contributed by atoms with van der Waals surface area (Å²) in [6.45, 7) is 1.89. The highest BCUT2D eigenvalue weighted by atomic mass is 32.1. The van der Waals surface area contributed by atoms with Crippen LogP contribution in [-0.2, 0) is 0 Å². The lowest BCUT2D eigenvalue weighted by Gasteiger charge is -2.11. The molecule has 3 heterocycles. The van der Waals surface area contributed by atoms with E-state index in [1.807, 2.05) is 48.7 Å². The van der Waals surface area contributed by atoms with E-state index in [0.717, 1.165) is 11.0 Å². The molecule has 4 aromatic rings. The number of hydrogen-bond donors (Lipinski definition) is 1. The zero-order valence-corrected chi connectivity index (χ0v) is 13.5. The van der Waals surface area contributed by atoms with Gasteiger partial charge in [0.15, 0.2) is 0 Å². The third kappa shape index (κ3) is 2.56. The number of rotatable bonds is 4. The summed E-state index contributed by atoms with van der Waals surface area (Å²) in [5.41, 5.74) is 1.46. The van der Waals surface area contributed by atoms with Crippen molar-refractivity contribution in [3.63, 3.8) is 0 Å². The van der Waals surface area contributed by atoms with Crippen LogP contribution in [0, 0.1) is 0 Å². The number of nitrogens with zero attached hydrogens (tertiary/aromatic N) is 4. The molecule has 0 aliphatic carbocycles. The summed E-state index contributed by atoms with van der Waals surface area (Å²) < 4.78 is 7.27. The topological polar surface area (TPSA) is 85.8 Å². The SMILES string of the molecule is CC(NC(=O)c1sccc1-n1cnnn1)c1cc2ccccc2o1. The number of furan rings is 1. The summed E-state index contributed by atoms with van der Waals surface area (Å²) in [7, 11) is 0. The Balaban J connectivity index is 1.57. The third-order valence-electron chi connectivity index (χ3n) is 3.67. The molecule has 120 valence electrons. The van der Waals surface area contributed by atoms with E-state index in [4.69, 9.17) is 4.42 Å². The fourth-order valence-corrected chi connectivity index (χ4v) is 3.25. The van der Waals surface area contributed by atoms with Crippen LogP contribution in [0.1, 0.15) is 28.4 Å². The lowest BCUT2D eigenvalue weighted by molar-refractivity contribution is 0.0939. The summed E-state index contributed by atoms with van der Waals surface area (Å²) in [6.07, 6.45) is 1.46. The van der Waals surface area contributed by atoms with Crippen LogP contribution in [0.15, 0.2) is 52.5 Å². The van der Waals surface area contributed by atoms with Gasteiger partial charge in [-0.25, -0.2) is 0 Å². The number of carbonyl (C=O) groups excluding carboxylic acids is 1. The van der Waals surface area contributed by atoms with Crippen molar-refractivity contribution in [3.8, 4) is 5.69 Å². The Bertz CT molecular complexity index is 956.